The molecule has 2 aromatic carbocycles. The van der Waals surface area contributed by atoms with E-state index >= 15 is 0 Å². The predicted molar refractivity (Wildman–Crippen MR) is 109 cm³/mol. The molecule has 0 saturated heterocycles. The third-order valence-electron chi connectivity index (χ3n) is 5.23. The molecule has 1 aliphatic carbocycles. The lowest BCUT2D eigenvalue weighted by molar-refractivity contribution is -0.124. The summed E-state index contributed by atoms with van der Waals surface area (Å²) in [7, 11) is -2.16. The van der Waals surface area contributed by atoms with Crippen LogP contribution in [0.3, 0.4) is 0 Å². The molecule has 1 atom stereocenters. The summed E-state index contributed by atoms with van der Waals surface area (Å²) in [4.78, 5) is 12.8. The summed E-state index contributed by atoms with van der Waals surface area (Å²) in [5, 5.41) is 3.05. The first kappa shape index (κ1) is 20.2. The lowest BCUT2D eigenvalue weighted by atomic mass is 9.94. The Bertz CT molecular complexity index is 933. The number of amides is 1. The minimum Gasteiger partial charge on any atom is -0.497 e. The van der Waals surface area contributed by atoms with E-state index in [0.29, 0.717) is 11.4 Å². The normalized spacial score (nSPS) is 16.1. The lowest BCUT2D eigenvalue weighted by Crippen LogP contribution is -2.39. The number of hydrogen-bond acceptors (Lipinski definition) is 4. The van der Waals surface area contributed by atoms with Crippen LogP contribution in [0.5, 0.6) is 5.75 Å². The zero-order valence-corrected chi connectivity index (χ0v) is 17.2. The Morgan fingerprint density at radius 2 is 1.71 bits per heavy atom. The van der Waals surface area contributed by atoms with Gasteiger partial charge in [-0.2, -0.15) is 0 Å². The van der Waals surface area contributed by atoms with Crippen LogP contribution >= 0.6 is 0 Å². The van der Waals surface area contributed by atoms with Gasteiger partial charge in [0, 0.05) is 11.7 Å². The zero-order chi connectivity index (χ0) is 20.4. The third-order valence-corrected chi connectivity index (χ3v) is 6.63. The molecule has 3 rings (SSSR count). The summed E-state index contributed by atoms with van der Waals surface area (Å²) in [6, 6.07) is 13.4. The van der Waals surface area contributed by atoms with Gasteiger partial charge in [-0.1, -0.05) is 19.1 Å². The second-order valence-electron chi connectivity index (χ2n) is 7.22. The topological polar surface area (TPSA) is 84.5 Å². The summed E-state index contributed by atoms with van der Waals surface area (Å²) in [5.74, 6) is 0.641. The van der Waals surface area contributed by atoms with Crippen LogP contribution in [0, 0.1) is 0 Å². The van der Waals surface area contributed by atoms with Crippen molar-refractivity contribution in [2.24, 2.45) is 0 Å². The molecule has 6 nitrogen and oxygen atoms in total. The van der Waals surface area contributed by atoms with E-state index in [0.717, 1.165) is 24.8 Å². The third kappa shape index (κ3) is 4.14. The van der Waals surface area contributed by atoms with Gasteiger partial charge < -0.3 is 10.1 Å². The van der Waals surface area contributed by atoms with Gasteiger partial charge in [-0.05, 0) is 68.1 Å². The number of benzene rings is 2. The van der Waals surface area contributed by atoms with Crippen LogP contribution in [0.4, 0.5) is 5.69 Å². The smallest absolute Gasteiger partial charge is 0.261 e. The molecule has 28 heavy (non-hydrogen) atoms. The number of methoxy groups -OCH3 is 1. The Hall–Kier alpha value is -2.54. The fraction of sp³-hybridized carbons (Fsp3) is 0.381. The quantitative estimate of drug-likeness (QED) is 0.708. The Labute approximate surface area is 166 Å². The molecule has 0 spiro atoms. The number of sulfonamides is 1. The Balaban J connectivity index is 1.73. The molecule has 1 aliphatic rings. The summed E-state index contributed by atoms with van der Waals surface area (Å²) in [6.45, 7) is 4.03. The molecule has 0 aromatic heterocycles. The number of nitrogens with one attached hydrogen (secondary N) is 2. The van der Waals surface area contributed by atoms with Crippen molar-refractivity contribution in [3.8, 4) is 5.75 Å². The Kier molecular flexibility index (Phi) is 5.65. The molecule has 1 fully saturated rings. The van der Waals surface area contributed by atoms with Crippen LogP contribution < -0.4 is 14.8 Å². The molecule has 0 aliphatic heterocycles. The second-order valence-corrected chi connectivity index (χ2v) is 8.91. The van der Waals surface area contributed by atoms with Crippen LogP contribution in [-0.2, 0) is 20.2 Å². The Morgan fingerprint density at radius 3 is 2.21 bits per heavy atom. The van der Waals surface area contributed by atoms with Crippen LogP contribution in [0.15, 0.2) is 53.4 Å². The number of carbonyl (C=O) groups excluding carboxylic acids is 1. The summed E-state index contributed by atoms with van der Waals surface area (Å²) < 4.78 is 32.7. The number of carbonyl (C=O) groups is 1. The maximum absolute atomic E-state index is 12.6. The molecular weight excluding hydrogens is 376 g/mol. The van der Waals surface area contributed by atoms with Crippen LogP contribution in [-0.4, -0.2) is 27.5 Å². The van der Waals surface area contributed by atoms with Crippen molar-refractivity contribution in [3.05, 3.63) is 54.1 Å². The van der Waals surface area contributed by atoms with Crippen molar-refractivity contribution < 1.29 is 17.9 Å². The molecule has 0 heterocycles. The van der Waals surface area contributed by atoms with Crippen molar-refractivity contribution in [1.82, 2.24) is 5.32 Å². The fourth-order valence-electron chi connectivity index (χ4n) is 3.06. The molecule has 7 heteroatoms. The first-order valence-corrected chi connectivity index (χ1v) is 10.9. The largest absolute Gasteiger partial charge is 0.497 e. The van der Waals surface area contributed by atoms with Gasteiger partial charge in [-0.3, -0.25) is 9.52 Å². The van der Waals surface area contributed by atoms with Crippen LogP contribution in [0.1, 0.15) is 38.7 Å². The van der Waals surface area contributed by atoms with Gasteiger partial charge in [0.05, 0.1) is 17.4 Å². The molecule has 0 unspecified atom stereocenters. The van der Waals surface area contributed by atoms with Gasteiger partial charge in [0.25, 0.3) is 10.0 Å². The van der Waals surface area contributed by atoms with E-state index in [1.165, 1.54) is 19.2 Å². The molecule has 0 bridgehead atoms. The van der Waals surface area contributed by atoms with Gasteiger partial charge in [-0.15, -0.1) is 0 Å². The lowest BCUT2D eigenvalue weighted by Gasteiger charge is -2.19. The average molecular weight is 403 g/mol. The zero-order valence-electron chi connectivity index (χ0n) is 16.4. The molecule has 2 N–H and O–H groups in total. The minimum atomic E-state index is -3.69. The SMILES string of the molecule is CC[C@H](C)NC(=O)C1(c2ccc(NS(=O)(=O)c3ccc(OC)cc3)cc2)CC1. The van der Waals surface area contributed by atoms with E-state index in [1.807, 2.05) is 26.0 Å². The highest BCUT2D eigenvalue weighted by molar-refractivity contribution is 7.92. The molecule has 1 saturated carbocycles. The number of hydrogen-bond donors (Lipinski definition) is 2. The van der Waals surface area contributed by atoms with E-state index in [4.69, 9.17) is 4.74 Å². The number of ether oxygens (including phenoxy) is 1. The van der Waals surface area contributed by atoms with Gasteiger partial charge in [0.1, 0.15) is 5.75 Å². The molecular formula is C21H26N2O4S. The first-order chi connectivity index (χ1) is 13.3. The maximum atomic E-state index is 12.6. The molecule has 2 aromatic rings. The standard InChI is InChI=1S/C21H26N2O4S/c1-4-15(2)22-20(24)21(13-14-21)16-5-7-17(8-6-16)23-28(25,26)19-11-9-18(27-3)10-12-19/h5-12,15,23H,4,13-14H2,1-3H3,(H,22,24)/t15-/m0/s1. The highest BCUT2D eigenvalue weighted by Crippen LogP contribution is 2.48. The van der Waals surface area contributed by atoms with Crippen molar-refractivity contribution >= 4 is 21.6 Å². The first-order valence-electron chi connectivity index (χ1n) is 9.39. The van der Waals surface area contributed by atoms with Crippen LogP contribution in [0.2, 0.25) is 0 Å². The van der Waals surface area contributed by atoms with E-state index in [2.05, 4.69) is 10.0 Å². The average Bonchev–Trinajstić information content (AvgIpc) is 3.50. The van der Waals surface area contributed by atoms with E-state index in [-0.39, 0.29) is 16.8 Å². The van der Waals surface area contributed by atoms with Gasteiger partial charge in [-0.25, -0.2) is 8.42 Å². The van der Waals surface area contributed by atoms with Gasteiger partial charge >= 0.3 is 0 Å². The summed E-state index contributed by atoms with van der Waals surface area (Å²) in [5.41, 5.74) is 0.898. The van der Waals surface area contributed by atoms with Crippen molar-refractivity contribution in [1.29, 1.82) is 0 Å². The summed E-state index contributed by atoms with van der Waals surface area (Å²) in [6.07, 6.45) is 2.51. The van der Waals surface area contributed by atoms with E-state index < -0.39 is 15.4 Å². The van der Waals surface area contributed by atoms with Crippen molar-refractivity contribution in [2.45, 2.75) is 49.5 Å². The van der Waals surface area contributed by atoms with E-state index in [1.54, 1.807) is 24.3 Å². The van der Waals surface area contributed by atoms with E-state index in [9.17, 15) is 13.2 Å². The van der Waals surface area contributed by atoms with Crippen LogP contribution in [0.25, 0.3) is 0 Å². The maximum Gasteiger partial charge on any atom is 0.261 e. The fourth-order valence-corrected chi connectivity index (χ4v) is 4.12. The predicted octanol–water partition coefficient (Wildman–Crippen LogP) is 3.44. The van der Waals surface area contributed by atoms with Gasteiger partial charge in [0.2, 0.25) is 5.91 Å². The minimum absolute atomic E-state index is 0.0495. The molecule has 1 amide bonds. The van der Waals surface area contributed by atoms with Gasteiger partial charge in [0.15, 0.2) is 0 Å². The van der Waals surface area contributed by atoms with Crippen molar-refractivity contribution in [2.75, 3.05) is 11.8 Å². The molecule has 150 valence electrons. The Morgan fingerprint density at radius 1 is 1.11 bits per heavy atom. The van der Waals surface area contributed by atoms with Crippen molar-refractivity contribution in [3.63, 3.8) is 0 Å². The summed E-state index contributed by atoms with van der Waals surface area (Å²) >= 11 is 0. The number of rotatable bonds is 8. The number of anilines is 1. The monoisotopic (exact) mass is 402 g/mol. The molecule has 0 radical (unpaired) electrons. The highest BCUT2D eigenvalue weighted by atomic mass is 32.2. The highest BCUT2D eigenvalue weighted by Gasteiger charge is 2.51. The second kappa shape index (κ2) is 7.83.